The molecule has 2 aromatic rings. The zero-order valence-corrected chi connectivity index (χ0v) is 8.68. The predicted octanol–water partition coefficient (Wildman–Crippen LogP) is 2.71. The molecule has 0 aliphatic heterocycles. The van der Waals surface area contributed by atoms with Crippen molar-refractivity contribution in [2.45, 2.75) is 13.3 Å². The molecule has 0 spiro atoms. The van der Waals surface area contributed by atoms with Crippen LogP contribution in [0.3, 0.4) is 0 Å². The number of alkyl halides is 1. The largest absolute Gasteiger partial charge is 0.428 e. The molecule has 0 saturated carbocycles. The summed E-state index contributed by atoms with van der Waals surface area (Å²) < 4.78 is 17.0. The number of benzene rings is 1. The zero-order valence-electron chi connectivity index (χ0n) is 8.68. The molecule has 4 heteroatoms. The van der Waals surface area contributed by atoms with Crippen LogP contribution in [0, 0.1) is 0 Å². The standard InChI is InChI=1S/C12H10FNO2/c1-8(13)16-12(15)10-4-5-11-9(7-10)3-2-6-14-11/h2-8H,1H3. The Kier molecular flexibility index (Phi) is 2.81. The van der Waals surface area contributed by atoms with Crippen LogP contribution >= 0.6 is 0 Å². The lowest BCUT2D eigenvalue weighted by atomic mass is 10.1. The van der Waals surface area contributed by atoms with Crippen LogP contribution in [0.2, 0.25) is 0 Å². The topological polar surface area (TPSA) is 39.2 Å². The van der Waals surface area contributed by atoms with E-state index in [0.29, 0.717) is 5.56 Å². The predicted molar refractivity (Wildman–Crippen MR) is 57.7 cm³/mol. The van der Waals surface area contributed by atoms with Crippen molar-refractivity contribution in [1.29, 1.82) is 0 Å². The zero-order chi connectivity index (χ0) is 11.5. The molecule has 1 heterocycles. The third-order valence-corrected chi connectivity index (χ3v) is 2.11. The maximum absolute atomic E-state index is 12.5. The summed E-state index contributed by atoms with van der Waals surface area (Å²) in [7, 11) is 0. The van der Waals surface area contributed by atoms with Gasteiger partial charge in [-0.1, -0.05) is 6.07 Å². The molecule has 1 atom stereocenters. The first-order chi connectivity index (χ1) is 7.66. The van der Waals surface area contributed by atoms with Crippen LogP contribution in [0.1, 0.15) is 17.3 Å². The third kappa shape index (κ3) is 2.16. The molecule has 0 N–H and O–H groups in total. The molecule has 0 bridgehead atoms. The molecule has 3 nitrogen and oxygen atoms in total. The SMILES string of the molecule is CC(F)OC(=O)c1ccc2ncccc2c1. The van der Waals surface area contributed by atoms with Crippen molar-refractivity contribution < 1.29 is 13.9 Å². The van der Waals surface area contributed by atoms with Gasteiger partial charge in [0, 0.05) is 18.5 Å². The minimum atomic E-state index is -1.60. The Bertz CT molecular complexity index is 525. The maximum atomic E-state index is 12.5. The summed E-state index contributed by atoms with van der Waals surface area (Å²) in [6.07, 6.45) is 0.0707. The van der Waals surface area contributed by atoms with E-state index in [1.807, 2.05) is 6.07 Å². The van der Waals surface area contributed by atoms with Crippen LogP contribution in [-0.2, 0) is 4.74 Å². The molecule has 1 aromatic carbocycles. The van der Waals surface area contributed by atoms with E-state index in [0.717, 1.165) is 10.9 Å². The number of pyridine rings is 1. The highest BCUT2D eigenvalue weighted by Gasteiger charge is 2.11. The number of halogens is 1. The number of rotatable bonds is 2. The van der Waals surface area contributed by atoms with E-state index in [1.165, 1.54) is 6.92 Å². The van der Waals surface area contributed by atoms with Gasteiger partial charge in [0.2, 0.25) is 6.36 Å². The molecule has 0 aliphatic rings. The van der Waals surface area contributed by atoms with E-state index in [2.05, 4.69) is 9.72 Å². The second-order valence-electron chi connectivity index (χ2n) is 3.36. The van der Waals surface area contributed by atoms with Gasteiger partial charge in [0.15, 0.2) is 0 Å². The first-order valence-electron chi connectivity index (χ1n) is 4.86. The molecule has 2 rings (SSSR count). The van der Waals surface area contributed by atoms with Crippen molar-refractivity contribution in [3.05, 3.63) is 42.1 Å². The molecule has 0 radical (unpaired) electrons. The number of carbonyl (C=O) groups excluding carboxylic acids is 1. The second-order valence-corrected chi connectivity index (χ2v) is 3.36. The molecular formula is C12H10FNO2. The number of esters is 1. The van der Waals surface area contributed by atoms with E-state index in [-0.39, 0.29) is 0 Å². The van der Waals surface area contributed by atoms with Crippen LogP contribution < -0.4 is 0 Å². The first kappa shape index (κ1) is 10.5. The molecule has 82 valence electrons. The Hall–Kier alpha value is -1.97. The second kappa shape index (κ2) is 4.26. The fraction of sp³-hybridized carbons (Fsp3) is 0.167. The van der Waals surface area contributed by atoms with Crippen molar-refractivity contribution in [3.63, 3.8) is 0 Å². The Labute approximate surface area is 91.9 Å². The van der Waals surface area contributed by atoms with Gasteiger partial charge >= 0.3 is 5.97 Å². The Morgan fingerprint density at radius 1 is 1.44 bits per heavy atom. The summed E-state index contributed by atoms with van der Waals surface area (Å²) in [6, 6.07) is 8.51. The quantitative estimate of drug-likeness (QED) is 0.729. The lowest BCUT2D eigenvalue weighted by molar-refractivity contribution is -0.00573. The summed E-state index contributed by atoms with van der Waals surface area (Å²) in [5.74, 6) is -0.666. The third-order valence-electron chi connectivity index (χ3n) is 2.11. The molecule has 1 unspecified atom stereocenters. The average molecular weight is 219 g/mol. The summed E-state index contributed by atoms with van der Waals surface area (Å²) >= 11 is 0. The molecule has 0 aliphatic carbocycles. The monoisotopic (exact) mass is 219 g/mol. The first-order valence-corrected chi connectivity index (χ1v) is 4.86. The van der Waals surface area contributed by atoms with E-state index < -0.39 is 12.3 Å². The van der Waals surface area contributed by atoms with Crippen molar-refractivity contribution in [2.24, 2.45) is 0 Å². The van der Waals surface area contributed by atoms with Crippen LogP contribution in [0.5, 0.6) is 0 Å². The highest BCUT2D eigenvalue weighted by Crippen LogP contribution is 2.14. The van der Waals surface area contributed by atoms with Gasteiger partial charge in [0.05, 0.1) is 11.1 Å². The number of nitrogens with zero attached hydrogens (tertiary/aromatic N) is 1. The van der Waals surface area contributed by atoms with Gasteiger partial charge in [-0.15, -0.1) is 0 Å². The van der Waals surface area contributed by atoms with Crippen molar-refractivity contribution in [1.82, 2.24) is 4.98 Å². The van der Waals surface area contributed by atoms with Gasteiger partial charge in [-0.25, -0.2) is 9.18 Å². The molecule has 0 amide bonds. The Morgan fingerprint density at radius 3 is 3.00 bits per heavy atom. The molecule has 0 saturated heterocycles. The Morgan fingerprint density at radius 2 is 2.25 bits per heavy atom. The molecular weight excluding hydrogens is 209 g/mol. The van der Waals surface area contributed by atoms with Crippen LogP contribution in [0.4, 0.5) is 4.39 Å². The summed E-state index contributed by atoms with van der Waals surface area (Å²) in [5, 5.41) is 0.823. The lowest BCUT2D eigenvalue weighted by Gasteiger charge is -2.05. The summed E-state index contributed by atoms with van der Waals surface area (Å²) in [6.45, 7) is 1.17. The normalized spacial score (nSPS) is 12.4. The van der Waals surface area contributed by atoms with E-state index >= 15 is 0 Å². The van der Waals surface area contributed by atoms with E-state index in [9.17, 15) is 9.18 Å². The Balaban J connectivity index is 2.35. The highest BCUT2D eigenvalue weighted by molar-refractivity contribution is 5.94. The number of aromatic nitrogens is 1. The number of hydrogen-bond acceptors (Lipinski definition) is 3. The van der Waals surface area contributed by atoms with Crippen molar-refractivity contribution >= 4 is 16.9 Å². The average Bonchev–Trinajstić information content (AvgIpc) is 2.27. The molecule has 0 fully saturated rings. The van der Waals surface area contributed by atoms with Gasteiger partial charge < -0.3 is 4.74 Å². The summed E-state index contributed by atoms with van der Waals surface area (Å²) in [4.78, 5) is 15.5. The maximum Gasteiger partial charge on any atom is 0.340 e. The van der Waals surface area contributed by atoms with Gasteiger partial charge in [0.1, 0.15) is 0 Å². The minimum absolute atomic E-state index is 0.324. The number of ether oxygens (including phenoxy) is 1. The fourth-order valence-electron chi connectivity index (χ4n) is 1.42. The van der Waals surface area contributed by atoms with Gasteiger partial charge in [-0.2, -0.15) is 0 Å². The lowest BCUT2D eigenvalue weighted by Crippen LogP contribution is -2.10. The molecule has 16 heavy (non-hydrogen) atoms. The minimum Gasteiger partial charge on any atom is -0.428 e. The van der Waals surface area contributed by atoms with E-state index in [4.69, 9.17) is 0 Å². The van der Waals surface area contributed by atoms with Crippen LogP contribution in [-0.4, -0.2) is 17.3 Å². The van der Waals surface area contributed by atoms with Gasteiger partial charge in [-0.05, 0) is 24.3 Å². The number of fused-ring (bicyclic) bond motifs is 1. The number of carbonyl (C=O) groups is 1. The number of hydrogen-bond donors (Lipinski definition) is 0. The van der Waals surface area contributed by atoms with Crippen molar-refractivity contribution in [2.75, 3.05) is 0 Å². The smallest absolute Gasteiger partial charge is 0.340 e. The van der Waals surface area contributed by atoms with E-state index in [1.54, 1.807) is 30.5 Å². The van der Waals surface area contributed by atoms with Gasteiger partial charge in [-0.3, -0.25) is 4.98 Å². The fourth-order valence-corrected chi connectivity index (χ4v) is 1.42. The highest BCUT2D eigenvalue weighted by atomic mass is 19.1. The van der Waals surface area contributed by atoms with Crippen molar-refractivity contribution in [3.8, 4) is 0 Å². The molecule has 1 aromatic heterocycles. The van der Waals surface area contributed by atoms with Crippen LogP contribution in [0.25, 0.3) is 10.9 Å². The summed E-state index contributed by atoms with van der Waals surface area (Å²) in [5.41, 5.74) is 1.11. The van der Waals surface area contributed by atoms with Crippen LogP contribution in [0.15, 0.2) is 36.5 Å². The van der Waals surface area contributed by atoms with Gasteiger partial charge in [0.25, 0.3) is 0 Å².